The van der Waals surface area contributed by atoms with Crippen LogP contribution in [0.25, 0.3) is 0 Å². The highest BCUT2D eigenvalue weighted by molar-refractivity contribution is 5.85. The molecule has 2 atom stereocenters. The topological polar surface area (TPSA) is 64.3 Å². The van der Waals surface area contributed by atoms with Crippen LogP contribution in [0.4, 0.5) is 0 Å². The predicted molar refractivity (Wildman–Crippen MR) is 86.2 cm³/mol. The minimum absolute atomic E-state index is 0. The molecule has 2 unspecified atom stereocenters. The van der Waals surface area contributed by atoms with Crippen LogP contribution in [0.15, 0.2) is 24.3 Å². The highest BCUT2D eigenvalue weighted by atomic mass is 35.5. The van der Waals surface area contributed by atoms with Crippen molar-refractivity contribution in [2.45, 2.75) is 44.9 Å². The summed E-state index contributed by atoms with van der Waals surface area (Å²) in [5.41, 5.74) is 8.17. The summed E-state index contributed by atoms with van der Waals surface area (Å²) < 4.78 is 5.18. The summed E-state index contributed by atoms with van der Waals surface area (Å²) in [5.74, 6) is 0.209. The van der Waals surface area contributed by atoms with Gasteiger partial charge in [-0.25, -0.2) is 0 Å². The maximum atomic E-state index is 12.2. The minimum atomic E-state index is 0. The monoisotopic (exact) mass is 312 g/mol. The van der Waals surface area contributed by atoms with Crippen LogP contribution in [0, 0.1) is 5.92 Å². The summed E-state index contributed by atoms with van der Waals surface area (Å²) in [6, 6.07) is 8.21. The van der Waals surface area contributed by atoms with Crippen LogP contribution in [-0.4, -0.2) is 19.1 Å². The lowest BCUT2D eigenvalue weighted by molar-refractivity contribution is -0.126. The summed E-state index contributed by atoms with van der Waals surface area (Å²) in [7, 11) is 1.68. The second-order valence-electron chi connectivity index (χ2n) is 5.54. The molecule has 1 aromatic carbocycles. The number of nitrogens with two attached hydrogens (primary N) is 1. The Morgan fingerprint density at radius 2 is 2.05 bits per heavy atom. The molecule has 1 fully saturated rings. The van der Waals surface area contributed by atoms with Crippen molar-refractivity contribution in [1.82, 2.24) is 5.32 Å². The summed E-state index contributed by atoms with van der Waals surface area (Å²) in [4.78, 5) is 12.2. The Morgan fingerprint density at radius 1 is 1.33 bits per heavy atom. The molecular formula is C16H25ClN2O2. The first kappa shape index (κ1) is 18.0. The number of ether oxygens (including phenoxy) is 1. The molecule has 21 heavy (non-hydrogen) atoms. The summed E-state index contributed by atoms with van der Waals surface area (Å²) in [5, 5.41) is 3.04. The number of carbonyl (C=O) groups excluding carboxylic acids is 1. The van der Waals surface area contributed by atoms with Gasteiger partial charge in [-0.15, -0.1) is 12.4 Å². The third kappa shape index (κ3) is 5.30. The molecule has 0 aliphatic heterocycles. The number of hydrogen-bond acceptors (Lipinski definition) is 3. The molecule has 1 aliphatic rings. The number of methoxy groups -OCH3 is 1. The van der Waals surface area contributed by atoms with E-state index >= 15 is 0 Å². The van der Waals surface area contributed by atoms with Crippen LogP contribution in [0.3, 0.4) is 0 Å². The number of benzene rings is 1. The van der Waals surface area contributed by atoms with Crippen molar-refractivity contribution in [2.24, 2.45) is 11.7 Å². The fourth-order valence-electron chi connectivity index (χ4n) is 2.82. The van der Waals surface area contributed by atoms with E-state index in [2.05, 4.69) is 5.32 Å². The van der Waals surface area contributed by atoms with Gasteiger partial charge in [0.25, 0.3) is 0 Å². The van der Waals surface area contributed by atoms with E-state index < -0.39 is 0 Å². The van der Waals surface area contributed by atoms with Crippen LogP contribution in [0.1, 0.15) is 36.8 Å². The Kier molecular flexibility index (Phi) is 7.72. The average molecular weight is 313 g/mol. The van der Waals surface area contributed by atoms with Gasteiger partial charge >= 0.3 is 0 Å². The van der Waals surface area contributed by atoms with Crippen LogP contribution in [0.5, 0.6) is 0 Å². The molecule has 0 radical (unpaired) electrons. The van der Waals surface area contributed by atoms with Gasteiger partial charge in [-0.3, -0.25) is 4.79 Å². The van der Waals surface area contributed by atoms with E-state index in [9.17, 15) is 4.79 Å². The van der Waals surface area contributed by atoms with Gasteiger partial charge in [-0.2, -0.15) is 0 Å². The van der Waals surface area contributed by atoms with Crippen molar-refractivity contribution in [2.75, 3.05) is 7.11 Å². The fourth-order valence-corrected chi connectivity index (χ4v) is 2.82. The summed E-state index contributed by atoms with van der Waals surface area (Å²) in [6.45, 7) is 1.13. The maximum absolute atomic E-state index is 12.2. The molecule has 0 heterocycles. The maximum Gasteiger partial charge on any atom is 0.223 e. The molecule has 0 saturated heterocycles. The standard InChI is InChI=1S/C16H24N2O2.ClH/c1-20-11-14-6-3-2-5-13(14)10-18-16(19)12-7-4-8-15(17)9-12;/h2-3,5-6,12,15H,4,7-11,17H2,1H3,(H,18,19);1H. The van der Waals surface area contributed by atoms with E-state index in [0.717, 1.165) is 36.8 Å². The summed E-state index contributed by atoms with van der Waals surface area (Å²) in [6.07, 6.45) is 3.87. The third-order valence-corrected chi connectivity index (χ3v) is 3.96. The second kappa shape index (κ2) is 9.03. The van der Waals surface area contributed by atoms with Gasteiger partial charge in [-0.05, 0) is 30.4 Å². The van der Waals surface area contributed by atoms with Crippen molar-refractivity contribution >= 4 is 18.3 Å². The first-order chi connectivity index (χ1) is 9.70. The first-order valence-electron chi connectivity index (χ1n) is 7.29. The normalized spacial score (nSPS) is 21.4. The Labute approximate surface area is 132 Å². The van der Waals surface area contributed by atoms with Crippen LogP contribution >= 0.6 is 12.4 Å². The quantitative estimate of drug-likeness (QED) is 0.877. The zero-order valence-electron chi connectivity index (χ0n) is 12.5. The van der Waals surface area contributed by atoms with E-state index in [1.54, 1.807) is 7.11 Å². The molecule has 5 heteroatoms. The lowest BCUT2D eigenvalue weighted by Crippen LogP contribution is -2.37. The second-order valence-corrected chi connectivity index (χ2v) is 5.54. The van der Waals surface area contributed by atoms with E-state index in [1.165, 1.54) is 0 Å². The average Bonchev–Trinajstić information content (AvgIpc) is 2.46. The number of rotatable bonds is 5. The van der Waals surface area contributed by atoms with Crippen molar-refractivity contribution in [3.8, 4) is 0 Å². The Balaban J connectivity index is 0.00000220. The largest absolute Gasteiger partial charge is 0.380 e. The van der Waals surface area contributed by atoms with Crippen molar-refractivity contribution in [3.63, 3.8) is 0 Å². The molecule has 3 N–H and O–H groups in total. The van der Waals surface area contributed by atoms with E-state index in [0.29, 0.717) is 13.2 Å². The Hall–Kier alpha value is -1.10. The van der Waals surface area contributed by atoms with Crippen molar-refractivity contribution in [3.05, 3.63) is 35.4 Å². The van der Waals surface area contributed by atoms with Gasteiger partial charge in [0.05, 0.1) is 6.61 Å². The Bertz CT molecular complexity index is 454. The van der Waals surface area contributed by atoms with Crippen LogP contribution in [0.2, 0.25) is 0 Å². The molecule has 118 valence electrons. The molecule has 0 spiro atoms. The van der Waals surface area contributed by atoms with Gasteiger partial charge in [0.2, 0.25) is 5.91 Å². The lowest BCUT2D eigenvalue weighted by atomic mass is 9.85. The van der Waals surface area contributed by atoms with Gasteiger partial charge in [0.15, 0.2) is 0 Å². The van der Waals surface area contributed by atoms with Gasteiger partial charge in [0, 0.05) is 25.6 Å². The Morgan fingerprint density at radius 3 is 2.71 bits per heavy atom. The van der Waals surface area contributed by atoms with E-state index in [1.807, 2.05) is 24.3 Å². The number of nitrogens with one attached hydrogen (secondary N) is 1. The molecule has 1 aromatic rings. The molecule has 1 saturated carbocycles. The van der Waals surface area contributed by atoms with Gasteiger partial charge in [-0.1, -0.05) is 30.7 Å². The lowest BCUT2D eigenvalue weighted by Gasteiger charge is -2.25. The molecular weight excluding hydrogens is 288 g/mol. The third-order valence-electron chi connectivity index (χ3n) is 3.96. The van der Waals surface area contributed by atoms with Crippen LogP contribution in [-0.2, 0) is 22.7 Å². The summed E-state index contributed by atoms with van der Waals surface area (Å²) >= 11 is 0. The molecule has 1 aliphatic carbocycles. The molecule has 0 aromatic heterocycles. The highest BCUT2D eigenvalue weighted by Crippen LogP contribution is 2.23. The van der Waals surface area contributed by atoms with Crippen molar-refractivity contribution < 1.29 is 9.53 Å². The van der Waals surface area contributed by atoms with Crippen LogP contribution < -0.4 is 11.1 Å². The highest BCUT2D eigenvalue weighted by Gasteiger charge is 2.25. The van der Waals surface area contributed by atoms with Crippen molar-refractivity contribution in [1.29, 1.82) is 0 Å². The molecule has 1 amide bonds. The number of carbonyl (C=O) groups is 1. The predicted octanol–water partition coefficient (Wildman–Crippen LogP) is 2.39. The molecule has 0 bridgehead atoms. The zero-order chi connectivity index (χ0) is 14.4. The first-order valence-corrected chi connectivity index (χ1v) is 7.29. The number of amides is 1. The minimum Gasteiger partial charge on any atom is -0.380 e. The fraction of sp³-hybridized carbons (Fsp3) is 0.562. The van der Waals surface area contributed by atoms with E-state index in [4.69, 9.17) is 10.5 Å². The van der Waals surface area contributed by atoms with Gasteiger partial charge < -0.3 is 15.8 Å². The molecule has 2 rings (SSSR count). The SMILES string of the molecule is COCc1ccccc1CNC(=O)C1CCCC(N)C1.Cl. The number of halogens is 1. The number of hydrogen-bond donors (Lipinski definition) is 2. The smallest absolute Gasteiger partial charge is 0.223 e. The van der Waals surface area contributed by atoms with E-state index in [-0.39, 0.29) is 30.3 Å². The van der Waals surface area contributed by atoms with Gasteiger partial charge in [0.1, 0.15) is 0 Å². The molecule has 4 nitrogen and oxygen atoms in total. The zero-order valence-corrected chi connectivity index (χ0v) is 13.3.